The molecule has 2 atom stereocenters. The predicted molar refractivity (Wildman–Crippen MR) is 146 cm³/mol. The van der Waals surface area contributed by atoms with Crippen molar-refractivity contribution in [3.8, 4) is 11.5 Å². The van der Waals surface area contributed by atoms with Crippen LogP contribution in [0.15, 0.2) is 71.7 Å². The minimum Gasteiger partial charge on any atom is -0.497 e. The van der Waals surface area contributed by atoms with E-state index in [0.29, 0.717) is 11.4 Å². The fraction of sp³-hybridized carbons (Fsp3) is 0.207. The topological polar surface area (TPSA) is 102 Å². The molecule has 42 heavy (non-hydrogen) atoms. The second-order valence-corrected chi connectivity index (χ2v) is 9.45. The van der Waals surface area contributed by atoms with E-state index in [4.69, 9.17) is 9.47 Å². The minimum atomic E-state index is -3.19. The van der Waals surface area contributed by atoms with Crippen LogP contribution in [0.4, 0.5) is 33.7 Å². The lowest BCUT2D eigenvalue weighted by atomic mass is 9.93. The van der Waals surface area contributed by atoms with Crippen LogP contribution >= 0.6 is 0 Å². The fourth-order valence-electron chi connectivity index (χ4n) is 5.00. The summed E-state index contributed by atoms with van der Waals surface area (Å²) in [6, 6.07) is 12.0. The Bertz CT molecular complexity index is 1720. The number of nitrogens with zero attached hydrogens (tertiary/aromatic N) is 2. The Morgan fingerprint density at radius 2 is 1.60 bits per heavy atom. The molecule has 0 radical (unpaired) electrons. The van der Waals surface area contributed by atoms with E-state index in [0.717, 1.165) is 46.1 Å². The van der Waals surface area contributed by atoms with E-state index in [1.165, 1.54) is 14.2 Å². The number of anilines is 2. The third-order valence-electron chi connectivity index (χ3n) is 7.02. The van der Waals surface area contributed by atoms with Gasteiger partial charge in [-0.25, -0.2) is 13.6 Å². The van der Waals surface area contributed by atoms with Gasteiger partial charge in [0.25, 0.3) is 11.5 Å². The Kier molecular flexibility index (Phi) is 7.74. The molecule has 2 N–H and O–H groups in total. The number of carbonyl (C=O) groups is 2. The number of urea groups is 1. The number of carbonyl (C=O) groups excluding carboxylic acids is 2. The molecule has 13 heteroatoms. The van der Waals surface area contributed by atoms with Crippen molar-refractivity contribution < 1.29 is 36.6 Å². The van der Waals surface area contributed by atoms with Crippen molar-refractivity contribution in [3.05, 3.63) is 94.4 Å². The van der Waals surface area contributed by atoms with Gasteiger partial charge in [-0.3, -0.25) is 14.2 Å². The Morgan fingerprint density at radius 1 is 0.929 bits per heavy atom. The van der Waals surface area contributed by atoms with Gasteiger partial charge in [0.05, 0.1) is 14.2 Å². The van der Waals surface area contributed by atoms with Gasteiger partial charge in [0.2, 0.25) is 0 Å². The lowest BCUT2D eigenvalue weighted by Crippen LogP contribution is -2.46. The molecule has 1 aromatic heterocycles. The van der Waals surface area contributed by atoms with Crippen LogP contribution in [0.1, 0.15) is 18.0 Å². The maximum absolute atomic E-state index is 15.2. The Hall–Kier alpha value is -5.07. The summed E-state index contributed by atoms with van der Waals surface area (Å²) in [5, 5.41) is 6.66. The normalized spacial score (nSPS) is 16.6. The first-order valence-electron chi connectivity index (χ1n) is 12.6. The van der Waals surface area contributed by atoms with Crippen molar-refractivity contribution >= 4 is 34.1 Å². The molecule has 1 aliphatic rings. The maximum Gasteiger partial charge on any atom is 0.321 e. The quantitative estimate of drug-likeness (QED) is 0.298. The first kappa shape index (κ1) is 28.5. The van der Waals surface area contributed by atoms with Gasteiger partial charge < -0.3 is 25.0 Å². The average molecular weight is 585 g/mol. The lowest BCUT2D eigenvalue weighted by Gasteiger charge is -2.20. The number of halogens is 4. The summed E-state index contributed by atoms with van der Waals surface area (Å²) in [6.07, 6.45) is 0.847. The molecule has 1 fully saturated rings. The van der Waals surface area contributed by atoms with Crippen LogP contribution < -0.4 is 30.6 Å². The highest BCUT2D eigenvalue weighted by Crippen LogP contribution is 2.36. The highest BCUT2D eigenvalue weighted by Gasteiger charge is 2.46. The molecule has 3 aromatic carbocycles. The summed E-state index contributed by atoms with van der Waals surface area (Å²) >= 11 is 0. The summed E-state index contributed by atoms with van der Waals surface area (Å²) in [7, 11) is 2.76. The highest BCUT2D eigenvalue weighted by atomic mass is 19.3. The largest absolute Gasteiger partial charge is 0.497 e. The molecule has 2 heterocycles. The number of ether oxygens (including phenoxy) is 2. The molecule has 1 aliphatic heterocycles. The molecular formula is C29H24F4N4O5. The van der Waals surface area contributed by atoms with E-state index in [1.54, 1.807) is 36.4 Å². The van der Waals surface area contributed by atoms with Gasteiger partial charge in [0, 0.05) is 42.0 Å². The van der Waals surface area contributed by atoms with E-state index in [1.807, 2.05) is 0 Å². The van der Waals surface area contributed by atoms with E-state index in [2.05, 4.69) is 10.6 Å². The standard InChI is InChI=1S/C29H24F4N4O5/c1-41-18-8-6-15-10-17(7-5-16(15)11-18)34-29(40)35-25-20(24-21(30)12-19(42-2)13-22(24)31)14-37(27(25)39)23-4-3-9-36(26(23)38)28(32)33/h3-13,20,25,28H,14H2,1-2H3,(H2,34,35,40)/t20-,25?/m0/s1. The number of amides is 3. The van der Waals surface area contributed by atoms with Crippen LogP contribution in [0.25, 0.3) is 10.8 Å². The number of aromatic nitrogens is 1. The van der Waals surface area contributed by atoms with Crippen LogP contribution in [0.2, 0.25) is 0 Å². The molecule has 1 saturated heterocycles. The van der Waals surface area contributed by atoms with Crippen molar-refractivity contribution in [2.45, 2.75) is 18.5 Å². The van der Waals surface area contributed by atoms with Crippen molar-refractivity contribution in [1.29, 1.82) is 0 Å². The zero-order valence-corrected chi connectivity index (χ0v) is 22.2. The Labute approximate surface area is 236 Å². The van der Waals surface area contributed by atoms with E-state index >= 15 is 8.78 Å². The van der Waals surface area contributed by atoms with Crippen LogP contribution in [0.3, 0.4) is 0 Å². The first-order valence-corrected chi connectivity index (χ1v) is 12.6. The third kappa shape index (κ3) is 5.32. The second kappa shape index (κ2) is 11.4. The number of alkyl halides is 2. The molecule has 0 bridgehead atoms. The predicted octanol–water partition coefficient (Wildman–Crippen LogP) is 5.01. The molecule has 3 amide bonds. The van der Waals surface area contributed by atoms with Gasteiger partial charge in [-0.15, -0.1) is 0 Å². The van der Waals surface area contributed by atoms with Crippen molar-refractivity contribution in [2.75, 3.05) is 31.0 Å². The van der Waals surface area contributed by atoms with Gasteiger partial charge in [-0.1, -0.05) is 12.1 Å². The summed E-state index contributed by atoms with van der Waals surface area (Å²) in [5.74, 6) is -3.83. The number of hydrogen-bond acceptors (Lipinski definition) is 5. The Balaban J connectivity index is 1.48. The molecular weight excluding hydrogens is 560 g/mol. The van der Waals surface area contributed by atoms with Crippen molar-refractivity contribution in [2.24, 2.45) is 0 Å². The third-order valence-corrected chi connectivity index (χ3v) is 7.02. The number of hydrogen-bond donors (Lipinski definition) is 2. The van der Waals surface area contributed by atoms with Crippen LogP contribution in [0, 0.1) is 11.6 Å². The molecule has 9 nitrogen and oxygen atoms in total. The van der Waals surface area contributed by atoms with Gasteiger partial charge in [0.1, 0.15) is 34.9 Å². The number of pyridine rings is 1. The van der Waals surface area contributed by atoms with E-state index in [-0.39, 0.29) is 10.3 Å². The molecule has 0 saturated carbocycles. The summed E-state index contributed by atoms with van der Waals surface area (Å²) in [5.41, 5.74) is -1.81. The summed E-state index contributed by atoms with van der Waals surface area (Å²) in [4.78, 5) is 40.2. The van der Waals surface area contributed by atoms with Gasteiger partial charge in [-0.2, -0.15) is 8.78 Å². The monoisotopic (exact) mass is 584 g/mol. The molecule has 0 aliphatic carbocycles. The molecule has 5 rings (SSSR count). The van der Waals surface area contributed by atoms with E-state index in [9.17, 15) is 23.2 Å². The zero-order chi connectivity index (χ0) is 30.1. The smallest absolute Gasteiger partial charge is 0.321 e. The van der Waals surface area contributed by atoms with Crippen molar-refractivity contribution in [3.63, 3.8) is 0 Å². The number of fused-ring (bicyclic) bond motifs is 1. The highest BCUT2D eigenvalue weighted by molar-refractivity contribution is 6.04. The second-order valence-electron chi connectivity index (χ2n) is 9.45. The van der Waals surface area contributed by atoms with E-state index < -0.39 is 65.4 Å². The number of methoxy groups -OCH3 is 2. The van der Waals surface area contributed by atoms with Crippen molar-refractivity contribution in [1.82, 2.24) is 9.88 Å². The van der Waals surface area contributed by atoms with Crippen LogP contribution in [0.5, 0.6) is 11.5 Å². The first-order chi connectivity index (χ1) is 20.1. The van der Waals surface area contributed by atoms with Gasteiger partial charge in [-0.05, 0) is 47.2 Å². The number of benzene rings is 3. The van der Waals surface area contributed by atoms with Gasteiger partial charge in [0.15, 0.2) is 0 Å². The lowest BCUT2D eigenvalue weighted by molar-refractivity contribution is -0.118. The van der Waals surface area contributed by atoms with Gasteiger partial charge >= 0.3 is 12.6 Å². The molecule has 0 spiro atoms. The average Bonchev–Trinajstić information content (AvgIpc) is 3.26. The zero-order valence-electron chi connectivity index (χ0n) is 22.2. The van der Waals surface area contributed by atoms with Crippen LogP contribution in [-0.4, -0.2) is 43.3 Å². The molecule has 1 unspecified atom stereocenters. The molecule has 4 aromatic rings. The number of rotatable bonds is 7. The SMILES string of the molecule is COc1cc(F)c([C@@H]2CN(c3cccn(C(F)F)c3=O)C(=O)C2NC(=O)Nc2ccc3cc(OC)ccc3c2)c(F)c1. The van der Waals surface area contributed by atoms with Crippen LogP contribution in [-0.2, 0) is 4.79 Å². The fourth-order valence-corrected chi connectivity index (χ4v) is 5.00. The maximum atomic E-state index is 15.2. The molecule has 218 valence electrons. The summed E-state index contributed by atoms with van der Waals surface area (Å²) in [6.45, 7) is -3.67. The Morgan fingerprint density at radius 3 is 2.26 bits per heavy atom. The summed E-state index contributed by atoms with van der Waals surface area (Å²) < 4.78 is 67.3. The number of nitrogens with one attached hydrogen (secondary N) is 2. The minimum absolute atomic E-state index is 0.117.